The number of carbonyl (C=O) groups excluding carboxylic acids is 1. The summed E-state index contributed by atoms with van der Waals surface area (Å²) in [6.07, 6.45) is 8.30. The molecule has 0 bridgehead atoms. The molecular formula is C23H37NO4. The van der Waals surface area contributed by atoms with Crippen LogP contribution in [0.15, 0.2) is 18.2 Å². The van der Waals surface area contributed by atoms with E-state index < -0.39 is 0 Å². The fourth-order valence-corrected chi connectivity index (χ4v) is 3.93. The van der Waals surface area contributed by atoms with Crippen molar-refractivity contribution >= 4 is 5.91 Å². The molecule has 28 heavy (non-hydrogen) atoms. The summed E-state index contributed by atoms with van der Waals surface area (Å²) < 4.78 is 16.1. The fourth-order valence-electron chi connectivity index (χ4n) is 3.93. The molecule has 1 aliphatic rings. The molecule has 1 aliphatic carbocycles. The summed E-state index contributed by atoms with van der Waals surface area (Å²) in [5, 5.41) is 3.19. The topological polar surface area (TPSA) is 56.8 Å². The second-order valence-electron chi connectivity index (χ2n) is 7.84. The maximum absolute atomic E-state index is 12.7. The van der Waals surface area contributed by atoms with Crippen LogP contribution >= 0.6 is 0 Å². The minimum Gasteiger partial charge on any atom is -0.493 e. The highest BCUT2D eigenvalue weighted by atomic mass is 16.5. The highest BCUT2D eigenvalue weighted by molar-refractivity contribution is 5.79. The van der Waals surface area contributed by atoms with Crippen molar-refractivity contribution < 1.29 is 19.0 Å². The average Bonchev–Trinajstić information content (AvgIpc) is 2.72. The second kappa shape index (κ2) is 11.9. The van der Waals surface area contributed by atoms with E-state index in [4.69, 9.17) is 14.2 Å². The maximum atomic E-state index is 12.7. The maximum Gasteiger partial charge on any atom is 0.223 e. The lowest BCUT2D eigenvalue weighted by Gasteiger charge is -2.29. The number of ether oxygens (including phenoxy) is 3. The van der Waals surface area contributed by atoms with Crippen molar-refractivity contribution in [2.45, 2.75) is 64.8 Å². The van der Waals surface area contributed by atoms with E-state index in [9.17, 15) is 4.79 Å². The van der Waals surface area contributed by atoms with E-state index in [0.717, 1.165) is 24.3 Å². The molecule has 2 rings (SSSR count). The van der Waals surface area contributed by atoms with Crippen molar-refractivity contribution in [3.05, 3.63) is 23.8 Å². The third-order valence-corrected chi connectivity index (χ3v) is 5.77. The van der Waals surface area contributed by atoms with Gasteiger partial charge in [0.2, 0.25) is 5.91 Å². The summed E-state index contributed by atoms with van der Waals surface area (Å²) in [6.45, 7) is 5.26. The van der Waals surface area contributed by atoms with Gasteiger partial charge in [0.05, 0.1) is 19.8 Å². The predicted octanol–water partition coefficient (Wildman–Crippen LogP) is 4.89. The molecule has 158 valence electrons. The second-order valence-corrected chi connectivity index (χ2v) is 7.84. The number of carbonyl (C=O) groups is 1. The van der Waals surface area contributed by atoms with Crippen molar-refractivity contribution in [2.24, 2.45) is 11.8 Å². The average molecular weight is 392 g/mol. The minimum atomic E-state index is -0.0627. The van der Waals surface area contributed by atoms with Gasteiger partial charge in [0.15, 0.2) is 11.5 Å². The van der Waals surface area contributed by atoms with Gasteiger partial charge in [-0.05, 0) is 56.2 Å². The van der Waals surface area contributed by atoms with Crippen LogP contribution in [0.5, 0.6) is 11.5 Å². The van der Waals surface area contributed by atoms with Crippen molar-refractivity contribution in [1.29, 1.82) is 0 Å². The smallest absolute Gasteiger partial charge is 0.223 e. The van der Waals surface area contributed by atoms with Crippen LogP contribution in [0.1, 0.15) is 70.4 Å². The van der Waals surface area contributed by atoms with Gasteiger partial charge in [-0.25, -0.2) is 0 Å². The molecule has 5 nitrogen and oxygen atoms in total. The van der Waals surface area contributed by atoms with Gasteiger partial charge in [0.25, 0.3) is 0 Å². The van der Waals surface area contributed by atoms with E-state index >= 15 is 0 Å². The van der Waals surface area contributed by atoms with Gasteiger partial charge in [-0.3, -0.25) is 4.79 Å². The Morgan fingerprint density at radius 2 is 1.89 bits per heavy atom. The molecule has 0 spiro atoms. The third-order valence-electron chi connectivity index (χ3n) is 5.77. The van der Waals surface area contributed by atoms with Crippen molar-refractivity contribution in [3.63, 3.8) is 0 Å². The minimum absolute atomic E-state index is 0.0627. The Bertz CT molecular complexity index is 596. The number of amides is 1. The summed E-state index contributed by atoms with van der Waals surface area (Å²) >= 11 is 0. The fraction of sp³-hybridized carbons (Fsp3) is 0.696. The van der Waals surface area contributed by atoms with Crippen molar-refractivity contribution in [1.82, 2.24) is 5.32 Å². The SMILES string of the molecule is CCCCC1CCC(C(=O)NC(C)c2ccc(OCCOC)c(OC)c2)CC1. The van der Waals surface area contributed by atoms with Crippen LogP contribution in [0.4, 0.5) is 0 Å². The Morgan fingerprint density at radius 1 is 1.14 bits per heavy atom. The molecule has 1 aromatic rings. The van der Waals surface area contributed by atoms with Crippen molar-refractivity contribution in [3.8, 4) is 11.5 Å². The molecule has 1 amide bonds. The largest absolute Gasteiger partial charge is 0.493 e. The van der Waals surface area contributed by atoms with Gasteiger partial charge in [0.1, 0.15) is 6.61 Å². The van der Waals surface area contributed by atoms with Gasteiger partial charge in [-0.15, -0.1) is 0 Å². The molecule has 0 aromatic heterocycles. The van der Waals surface area contributed by atoms with Gasteiger partial charge < -0.3 is 19.5 Å². The Hall–Kier alpha value is -1.75. The number of methoxy groups -OCH3 is 2. The zero-order chi connectivity index (χ0) is 20.4. The summed E-state index contributed by atoms with van der Waals surface area (Å²) in [6, 6.07) is 5.75. The predicted molar refractivity (Wildman–Crippen MR) is 112 cm³/mol. The molecule has 1 atom stereocenters. The number of hydrogen-bond donors (Lipinski definition) is 1. The first kappa shape index (κ1) is 22.5. The molecule has 5 heteroatoms. The first-order chi connectivity index (χ1) is 13.6. The molecule has 0 heterocycles. The van der Waals surface area contributed by atoms with Crippen LogP contribution in [0, 0.1) is 11.8 Å². The van der Waals surface area contributed by atoms with Crippen LogP contribution in [-0.4, -0.2) is 33.3 Å². The number of unbranched alkanes of at least 4 members (excludes halogenated alkanes) is 1. The number of hydrogen-bond acceptors (Lipinski definition) is 4. The Morgan fingerprint density at radius 3 is 2.54 bits per heavy atom. The van der Waals surface area contributed by atoms with Gasteiger partial charge in [-0.1, -0.05) is 32.3 Å². The highest BCUT2D eigenvalue weighted by Gasteiger charge is 2.27. The molecule has 1 unspecified atom stereocenters. The van der Waals surface area contributed by atoms with Gasteiger partial charge >= 0.3 is 0 Å². The number of nitrogens with one attached hydrogen (secondary N) is 1. The van der Waals surface area contributed by atoms with E-state index in [1.54, 1.807) is 14.2 Å². The van der Waals surface area contributed by atoms with Crippen LogP contribution in [0.3, 0.4) is 0 Å². The normalized spacial score (nSPS) is 20.4. The Balaban J connectivity index is 1.88. The molecule has 1 N–H and O–H groups in total. The molecule has 0 saturated heterocycles. The zero-order valence-corrected chi connectivity index (χ0v) is 18.0. The molecular weight excluding hydrogens is 354 g/mol. The van der Waals surface area contributed by atoms with Crippen LogP contribution in [0.25, 0.3) is 0 Å². The molecule has 1 saturated carbocycles. The highest BCUT2D eigenvalue weighted by Crippen LogP contribution is 2.33. The number of benzene rings is 1. The van der Waals surface area contributed by atoms with Crippen LogP contribution in [0.2, 0.25) is 0 Å². The zero-order valence-electron chi connectivity index (χ0n) is 18.0. The Labute approximate surface area is 170 Å². The first-order valence-electron chi connectivity index (χ1n) is 10.7. The summed E-state index contributed by atoms with van der Waals surface area (Å²) in [5.41, 5.74) is 1.01. The molecule has 1 aromatic carbocycles. The van der Waals surface area contributed by atoms with Gasteiger partial charge in [0, 0.05) is 13.0 Å². The monoisotopic (exact) mass is 391 g/mol. The van der Waals surface area contributed by atoms with Crippen LogP contribution in [-0.2, 0) is 9.53 Å². The third kappa shape index (κ3) is 6.69. The van der Waals surface area contributed by atoms with Crippen LogP contribution < -0.4 is 14.8 Å². The summed E-state index contributed by atoms with van der Waals surface area (Å²) in [7, 11) is 3.27. The van der Waals surface area contributed by atoms with E-state index in [1.807, 2.05) is 25.1 Å². The standard InChI is InChI=1S/C23H37NO4/c1-5-6-7-18-8-10-19(11-9-18)23(25)24-17(2)20-12-13-21(22(16-20)27-4)28-15-14-26-3/h12-13,16-19H,5-11,14-15H2,1-4H3,(H,24,25). The number of rotatable bonds is 11. The van der Waals surface area contributed by atoms with E-state index in [2.05, 4.69) is 12.2 Å². The Kier molecular flexibility index (Phi) is 9.62. The van der Waals surface area contributed by atoms with Gasteiger partial charge in [-0.2, -0.15) is 0 Å². The first-order valence-corrected chi connectivity index (χ1v) is 10.7. The quantitative estimate of drug-likeness (QED) is 0.546. The van der Waals surface area contributed by atoms with E-state index in [0.29, 0.717) is 24.7 Å². The molecule has 0 aliphatic heterocycles. The molecule has 0 radical (unpaired) electrons. The molecule has 1 fully saturated rings. The lowest BCUT2D eigenvalue weighted by molar-refractivity contribution is -0.126. The van der Waals surface area contributed by atoms with E-state index in [1.165, 1.54) is 32.1 Å². The van der Waals surface area contributed by atoms with E-state index in [-0.39, 0.29) is 17.9 Å². The summed E-state index contributed by atoms with van der Waals surface area (Å²) in [5.74, 6) is 2.51. The summed E-state index contributed by atoms with van der Waals surface area (Å²) in [4.78, 5) is 12.7. The lowest BCUT2D eigenvalue weighted by atomic mass is 9.79. The van der Waals surface area contributed by atoms with Crippen molar-refractivity contribution in [2.75, 3.05) is 27.4 Å². The lowest BCUT2D eigenvalue weighted by Crippen LogP contribution is -2.34.